The molecule has 0 spiro atoms. The quantitative estimate of drug-likeness (QED) is 0.274. The van der Waals surface area contributed by atoms with E-state index in [1.54, 1.807) is 0 Å². The van der Waals surface area contributed by atoms with Gasteiger partial charge in [-0.2, -0.15) is 7.82 Å². The summed E-state index contributed by atoms with van der Waals surface area (Å²) in [5.41, 5.74) is 4.53. The number of hydrogen-bond acceptors (Lipinski definition) is 5. The fourth-order valence-electron chi connectivity index (χ4n) is 0. The minimum absolute atomic E-state index is 0. The summed E-state index contributed by atoms with van der Waals surface area (Å²) in [5, 5.41) is 0. The summed E-state index contributed by atoms with van der Waals surface area (Å²) in [4.78, 5) is 35.1. The molecule has 0 saturated heterocycles. The van der Waals surface area contributed by atoms with Crippen LogP contribution in [-0.2, 0) is 9.36 Å². The third kappa shape index (κ3) is 116. The molecule has 0 aliphatic rings. The Morgan fingerprint density at radius 2 is 1.31 bits per heavy atom. The van der Waals surface area contributed by atoms with Gasteiger partial charge in [-0.15, -0.1) is 0 Å². The molecular weight excluding hydrogens is 230 g/mol. The maximum atomic E-state index is 9.47. The minimum Gasteiger partial charge on any atom is -0.822 e. The van der Waals surface area contributed by atoms with Crippen molar-refractivity contribution in [2.45, 2.75) is 0 Å². The van der Waals surface area contributed by atoms with E-state index < -0.39 is 13.7 Å². The third-order valence-corrected chi connectivity index (χ3v) is 0.201. The van der Waals surface area contributed by atoms with Crippen LogP contribution in [0, 0.1) is 0 Å². The molecule has 6 nitrogen and oxygen atoms in total. The van der Waals surface area contributed by atoms with Gasteiger partial charge in [0.25, 0.3) is 0 Å². The van der Waals surface area contributed by atoms with Crippen LogP contribution in [0.2, 0.25) is 0 Å². The molecule has 0 radical (unpaired) electrons. The van der Waals surface area contributed by atoms with E-state index in [4.69, 9.17) is 19.2 Å². The van der Waals surface area contributed by atoms with Crippen LogP contribution in [0.4, 0.5) is 0 Å². The van der Waals surface area contributed by atoms with E-state index in [0.717, 1.165) is 6.08 Å². The van der Waals surface area contributed by atoms with Gasteiger partial charge in [0.2, 0.25) is 5.91 Å². The second-order valence-electron chi connectivity index (χ2n) is 1.05. The number of carbonyl (C=O) groups is 1. The van der Waals surface area contributed by atoms with Gasteiger partial charge in [-0.05, 0) is 6.08 Å². The smallest absolute Gasteiger partial charge is 0.822 e. The van der Waals surface area contributed by atoms with Crippen LogP contribution >= 0.6 is 7.82 Å². The van der Waals surface area contributed by atoms with Crippen molar-refractivity contribution >= 4 is 13.7 Å². The zero-order valence-corrected chi connectivity index (χ0v) is 14.7. The van der Waals surface area contributed by atoms with Crippen molar-refractivity contribution < 1.29 is 113 Å². The fraction of sp³-hybridized carbons (Fsp3) is 0. The fourth-order valence-corrected chi connectivity index (χ4v) is 0. The molecular formula is C3H5NNa3O5P. The monoisotopic (exact) mass is 235 g/mol. The first kappa shape index (κ1) is 29.5. The summed E-state index contributed by atoms with van der Waals surface area (Å²) in [6, 6.07) is 0. The summed E-state index contributed by atoms with van der Waals surface area (Å²) in [7, 11) is -5.39. The Morgan fingerprint density at radius 3 is 1.31 bits per heavy atom. The Labute approximate surface area is 142 Å². The molecule has 0 atom stereocenters. The van der Waals surface area contributed by atoms with Crippen molar-refractivity contribution in [1.82, 2.24) is 0 Å². The van der Waals surface area contributed by atoms with E-state index >= 15 is 0 Å². The minimum atomic E-state index is -5.39. The Balaban J connectivity index is -0.0000000267. The van der Waals surface area contributed by atoms with Crippen LogP contribution in [0.25, 0.3) is 0 Å². The summed E-state index contributed by atoms with van der Waals surface area (Å²) < 4.78 is 8.55. The molecule has 0 aliphatic carbocycles. The first-order valence-electron chi connectivity index (χ1n) is 1.92. The number of primary amides is 1. The van der Waals surface area contributed by atoms with Crippen LogP contribution in [0.5, 0.6) is 0 Å². The second kappa shape index (κ2) is 16.7. The van der Waals surface area contributed by atoms with E-state index in [1.165, 1.54) is 0 Å². The Morgan fingerprint density at radius 1 is 1.23 bits per heavy atom. The van der Waals surface area contributed by atoms with Gasteiger partial charge >= 0.3 is 88.7 Å². The van der Waals surface area contributed by atoms with E-state index in [0.29, 0.717) is 0 Å². The molecule has 0 rings (SSSR count). The summed E-state index contributed by atoms with van der Waals surface area (Å²) >= 11 is 0. The predicted molar refractivity (Wildman–Crippen MR) is 27.0 cm³/mol. The van der Waals surface area contributed by atoms with Crippen molar-refractivity contribution in [3.63, 3.8) is 0 Å². The van der Waals surface area contributed by atoms with Crippen LogP contribution in [0.3, 0.4) is 0 Å². The van der Waals surface area contributed by atoms with E-state index in [1.807, 2.05) is 0 Å². The summed E-state index contributed by atoms with van der Waals surface area (Å²) in [5.74, 6) is -0.481. The van der Waals surface area contributed by atoms with Gasteiger partial charge in [-0.25, -0.2) is 0 Å². The normalized spacial score (nSPS) is 7.00. The first-order chi connectivity index (χ1) is 4.27. The molecule has 60 valence electrons. The van der Waals surface area contributed by atoms with Gasteiger partial charge in [0, 0.05) is 0 Å². The Kier molecular flexibility index (Phi) is 38.0. The largest absolute Gasteiger partial charge is 1.00 e. The van der Waals surface area contributed by atoms with Crippen molar-refractivity contribution in [2.75, 3.05) is 0 Å². The standard InChI is InChI=1S/C3H5NO.3Na.H3O4P/c1-2-3(4)5;;;;1-5(2,3)4/h2H,1H2,(H2,4,5);;;;(H3,1,2,3,4)/q;3*+1;/p-3. The van der Waals surface area contributed by atoms with Crippen LogP contribution in [-0.4, -0.2) is 5.91 Å². The number of phosphoric acid groups is 1. The zero-order chi connectivity index (χ0) is 8.78. The maximum Gasteiger partial charge on any atom is 1.00 e. The van der Waals surface area contributed by atoms with Crippen molar-refractivity contribution in [3.05, 3.63) is 12.7 Å². The molecule has 0 aromatic carbocycles. The molecule has 0 aromatic rings. The number of nitrogens with two attached hydrogens (primary N) is 1. The maximum absolute atomic E-state index is 9.47. The third-order valence-electron chi connectivity index (χ3n) is 0.201. The molecule has 0 aromatic heterocycles. The molecule has 0 saturated carbocycles. The molecule has 0 heterocycles. The van der Waals surface area contributed by atoms with Gasteiger partial charge in [0.1, 0.15) is 0 Å². The molecule has 2 N–H and O–H groups in total. The van der Waals surface area contributed by atoms with Crippen LogP contribution < -0.4 is 109 Å². The number of carbonyl (C=O) groups excluding carboxylic acids is 1. The van der Waals surface area contributed by atoms with Crippen molar-refractivity contribution in [3.8, 4) is 0 Å². The van der Waals surface area contributed by atoms with Crippen molar-refractivity contribution in [2.24, 2.45) is 5.73 Å². The van der Waals surface area contributed by atoms with Crippen LogP contribution in [0.15, 0.2) is 12.7 Å². The molecule has 13 heavy (non-hydrogen) atoms. The summed E-state index contributed by atoms with van der Waals surface area (Å²) in [6.45, 7) is 3.09. The first-order valence-corrected chi connectivity index (χ1v) is 3.38. The van der Waals surface area contributed by atoms with E-state index in [-0.39, 0.29) is 88.7 Å². The summed E-state index contributed by atoms with van der Waals surface area (Å²) in [6.07, 6.45) is 1.06. The molecule has 0 fully saturated rings. The number of amides is 1. The molecule has 0 unspecified atom stereocenters. The van der Waals surface area contributed by atoms with Crippen LogP contribution in [0.1, 0.15) is 0 Å². The Hall–Kier alpha value is 2.32. The van der Waals surface area contributed by atoms with E-state index in [9.17, 15) is 4.79 Å². The molecule has 0 aliphatic heterocycles. The van der Waals surface area contributed by atoms with Gasteiger partial charge < -0.3 is 25.0 Å². The van der Waals surface area contributed by atoms with E-state index in [2.05, 4.69) is 12.3 Å². The van der Waals surface area contributed by atoms with Gasteiger partial charge in [0.15, 0.2) is 0 Å². The Bertz CT molecular complexity index is 162. The van der Waals surface area contributed by atoms with Gasteiger partial charge in [-0.1, -0.05) is 6.58 Å². The molecule has 0 bridgehead atoms. The topological polar surface area (TPSA) is 129 Å². The zero-order valence-electron chi connectivity index (χ0n) is 7.85. The molecule has 10 heteroatoms. The average Bonchev–Trinajstić information content (AvgIpc) is 1.61. The van der Waals surface area contributed by atoms with Gasteiger partial charge in [0.05, 0.1) is 0 Å². The molecule has 1 amide bonds. The van der Waals surface area contributed by atoms with Crippen molar-refractivity contribution in [1.29, 1.82) is 0 Å². The average molecular weight is 235 g/mol. The van der Waals surface area contributed by atoms with Gasteiger partial charge in [-0.3, -0.25) is 4.79 Å². The SMILES string of the molecule is C=CC(N)=O.O=P([O-])([O-])[O-].[Na+].[Na+].[Na+]. The second-order valence-corrected chi connectivity index (χ2v) is 1.95. The number of hydrogen-bond donors (Lipinski definition) is 1. The predicted octanol–water partition coefficient (Wildman–Crippen LogP) is -12.2. The number of rotatable bonds is 1.